The maximum Gasteiger partial charge on any atom is 0.246 e. The number of β-amino-alcohol motifs (C(OH)–C–C–N with tert-alkyl or cyclic N) is 1. The van der Waals surface area contributed by atoms with Gasteiger partial charge in [0.05, 0.1) is 45.1 Å². The number of nitriles is 1. The molecule has 3 atom stereocenters. The van der Waals surface area contributed by atoms with Crippen LogP contribution in [0.2, 0.25) is 0 Å². The Balaban J connectivity index is 0.703. The van der Waals surface area contributed by atoms with Gasteiger partial charge in [-0.2, -0.15) is 5.26 Å². The van der Waals surface area contributed by atoms with Gasteiger partial charge in [-0.05, 0) is 97.4 Å². The normalized spacial score (nSPS) is 17.8. The maximum absolute atomic E-state index is 14.1. The summed E-state index contributed by atoms with van der Waals surface area (Å²) in [7, 11) is 0. The summed E-state index contributed by atoms with van der Waals surface area (Å²) in [5.74, 6) is -1.08. The molecule has 0 spiro atoms. The van der Waals surface area contributed by atoms with Crippen LogP contribution >= 0.6 is 11.3 Å². The first kappa shape index (κ1) is 53.6. The van der Waals surface area contributed by atoms with E-state index in [0.29, 0.717) is 43.4 Å². The fraction of sp³-hybridized carbons (Fsp3) is 0.466. The number of hydrogen-bond acceptors (Lipinski definition) is 12. The van der Waals surface area contributed by atoms with Gasteiger partial charge in [0, 0.05) is 97.5 Å². The number of fused-ring (bicyclic) bond motifs is 4. The number of nitrogens with one attached hydrogen (secondary N) is 4. The zero-order valence-electron chi connectivity index (χ0n) is 44.6. The van der Waals surface area contributed by atoms with E-state index < -0.39 is 34.9 Å². The van der Waals surface area contributed by atoms with Crippen molar-refractivity contribution < 1.29 is 29.1 Å². The van der Waals surface area contributed by atoms with Crippen LogP contribution in [0.1, 0.15) is 142 Å². The van der Waals surface area contributed by atoms with Crippen LogP contribution in [0.25, 0.3) is 21.3 Å². The van der Waals surface area contributed by atoms with E-state index >= 15 is 0 Å². The van der Waals surface area contributed by atoms with Gasteiger partial charge in [0.2, 0.25) is 23.6 Å². The summed E-state index contributed by atoms with van der Waals surface area (Å²) in [4.78, 5) is 81.0. The largest absolute Gasteiger partial charge is 0.391 e. The van der Waals surface area contributed by atoms with E-state index in [4.69, 9.17) is 0 Å². The Bertz CT molecular complexity index is 3210. The molecule has 0 saturated carbocycles. The zero-order valence-corrected chi connectivity index (χ0v) is 45.4. The van der Waals surface area contributed by atoms with Crippen molar-refractivity contribution in [3.05, 3.63) is 117 Å². The number of piperidine rings is 1. The van der Waals surface area contributed by atoms with E-state index in [1.165, 1.54) is 4.90 Å². The molecule has 6 aromatic rings. The van der Waals surface area contributed by atoms with Gasteiger partial charge in [-0.3, -0.25) is 28.7 Å². The molecular formula is C58H69N11O6S. The number of aliphatic hydroxyl groups excluding tert-OH is 1. The Morgan fingerprint density at radius 1 is 1.01 bits per heavy atom. The fourth-order valence-corrected chi connectivity index (χ4v) is 11.9. The van der Waals surface area contributed by atoms with Gasteiger partial charge in [-0.1, -0.05) is 77.1 Å². The predicted octanol–water partition coefficient (Wildman–Crippen LogP) is 7.19. The first-order valence-electron chi connectivity index (χ1n) is 26.6. The van der Waals surface area contributed by atoms with Crippen molar-refractivity contribution in [1.29, 1.82) is 5.26 Å². The second kappa shape index (κ2) is 22.2. The standard InChI is InChI=1S/C58H69N11O6S/c1-8-37-26-43-44(58(6,7)53-50(51(43)73)42-19-16-36(29-59)25-45(42)63-53)28-46(37)67-23-20-39(21-24-67)62-48(71)12-9-11-40-31-68(66-65-40)22-10-13-49(72)64-54(57(3,4)5)56(75)69-32-41(70)27-47(69)55(74)60-30-35-14-17-38(18-15-35)52-34(2)61-33-76-52/h14-19,25-26,28,31,33,39,41,47,54,63,70H,8-13,20-24,27,30,32H2,1-7H3,(H,60,74)(H,62,71)(H,64,72)/t41-,47+,54-/m1/s1. The highest BCUT2D eigenvalue weighted by molar-refractivity contribution is 7.13. The first-order valence-corrected chi connectivity index (χ1v) is 27.5. The number of aromatic amines is 1. The molecule has 0 bridgehead atoms. The minimum atomic E-state index is -0.929. The highest BCUT2D eigenvalue weighted by atomic mass is 32.1. The number of anilines is 1. The highest BCUT2D eigenvalue weighted by Crippen LogP contribution is 2.46. The molecular weight excluding hydrogens is 979 g/mol. The van der Waals surface area contributed by atoms with E-state index in [2.05, 4.69) is 80.1 Å². The van der Waals surface area contributed by atoms with Gasteiger partial charge in [0.1, 0.15) is 12.1 Å². The van der Waals surface area contributed by atoms with Crippen LogP contribution in [0.4, 0.5) is 5.69 Å². The molecule has 3 aromatic heterocycles. The average molecular weight is 1050 g/mol. The Labute approximate surface area is 447 Å². The Morgan fingerprint density at radius 2 is 1.76 bits per heavy atom. The van der Waals surface area contributed by atoms with Gasteiger partial charge in [-0.25, -0.2) is 4.98 Å². The number of rotatable bonds is 17. The molecule has 2 aliphatic heterocycles. The number of nitrogens with zero attached hydrogens (tertiary/aromatic N) is 7. The van der Waals surface area contributed by atoms with Crippen LogP contribution in [-0.4, -0.2) is 108 Å². The monoisotopic (exact) mass is 1050 g/mol. The molecule has 2 saturated heterocycles. The molecule has 0 unspecified atom stereocenters. The number of aromatic nitrogens is 5. The summed E-state index contributed by atoms with van der Waals surface area (Å²) in [5, 5.41) is 38.7. The lowest BCUT2D eigenvalue weighted by molar-refractivity contribution is -0.144. The molecule has 76 heavy (non-hydrogen) atoms. The number of benzene rings is 3. The third-order valence-electron chi connectivity index (χ3n) is 15.4. The van der Waals surface area contributed by atoms with Gasteiger partial charge in [0.25, 0.3) is 0 Å². The summed E-state index contributed by atoms with van der Waals surface area (Å²) >= 11 is 1.57. The van der Waals surface area contributed by atoms with E-state index in [1.807, 2.05) is 75.8 Å². The van der Waals surface area contributed by atoms with E-state index in [-0.39, 0.29) is 55.5 Å². The number of hydrogen-bond donors (Lipinski definition) is 5. The molecule has 3 aromatic carbocycles. The summed E-state index contributed by atoms with van der Waals surface area (Å²) in [6, 6.07) is 18.1. The highest BCUT2D eigenvalue weighted by Gasteiger charge is 2.45. The minimum absolute atomic E-state index is 0.00293. The number of aliphatic hydroxyl groups is 1. The number of ketones is 1. The SMILES string of the molecule is CCc1cc2c(cc1N1CCC(NC(=O)CCCc3cn(CCCC(=O)N[C@H](C(=O)N4C[C@H](O)C[C@H]4C(=O)NCc4ccc(-c5scnc5C)cc4)C(C)(C)C)nn3)CC1)C(C)(C)c1[nH]c3cc(C#N)ccc3c1C2=O. The van der Waals surface area contributed by atoms with Crippen LogP contribution in [0.3, 0.4) is 0 Å². The van der Waals surface area contributed by atoms with Crippen LogP contribution < -0.4 is 20.9 Å². The van der Waals surface area contributed by atoms with Crippen LogP contribution in [0.15, 0.2) is 66.3 Å². The van der Waals surface area contributed by atoms with Gasteiger partial charge in [0.15, 0.2) is 5.78 Å². The van der Waals surface area contributed by atoms with Crippen LogP contribution in [0, 0.1) is 23.7 Å². The number of likely N-dealkylation sites (tertiary alicyclic amines) is 1. The zero-order chi connectivity index (χ0) is 54.1. The summed E-state index contributed by atoms with van der Waals surface area (Å²) in [6.07, 6.45) is 5.55. The molecule has 5 N–H and O–H groups in total. The second-order valence-corrected chi connectivity index (χ2v) is 23.1. The smallest absolute Gasteiger partial charge is 0.246 e. The van der Waals surface area contributed by atoms with E-state index in [9.17, 15) is 34.3 Å². The second-order valence-electron chi connectivity index (χ2n) is 22.3. The average Bonchev–Trinajstić information content (AvgIpc) is 4.24. The molecule has 1 aliphatic carbocycles. The van der Waals surface area contributed by atoms with Gasteiger partial charge in [-0.15, -0.1) is 16.4 Å². The van der Waals surface area contributed by atoms with Crippen molar-refractivity contribution in [2.75, 3.05) is 24.5 Å². The Kier molecular flexibility index (Phi) is 15.6. The fourth-order valence-electron chi connectivity index (χ4n) is 11.1. The first-order chi connectivity index (χ1) is 36.3. The number of carbonyl (C=O) groups is 5. The van der Waals surface area contributed by atoms with Gasteiger partial charge < -0.3 is 35.8 Å². The van der Waals surface area contributed by atoms with Crippen molar-refractivity contribution in [1.82, 2.24) is 45.8 Å². The molecule has 0 radical (unpaired) electrons. The lowest BCUT2D eigenvalue weighted by atomic mass is 9.70. The van der Waals surface area contributed by atoms with Crippen molar-refractivity contribution in [3.8, 4) is 16.5 Å². The molecule has 3 aliphatic rings. The summed E-state index contributed by atoms with van der Waals surface area (Å²) in [6.45, 7) is 16.2. The number of thiazole rings is 1. The Hall–Kier alpha value is -7.23. The third-order valence-corrected chi connectivity index (χ3v) is 16.4. The summed E-state index contributed by atoms with van der Waals surface area (Å²) < 4.78 is 1.69. The lowest BCUT2D eigenvalue weighted by Crippen LogP contribution is -2.57. The number of H-pyrrole nitrogens is 1. The molecule has 2 fully saturated rings. The van der Waals surface area contributed by atoms with Crippen LogP contribution in [0.5, 0.6) is 0 Å². The molecule has 17 nitrogen and oxygen atoms in total. The quantitative estimate of drug-likeness (QED) is 0.0614. The molecule has 398 valence electrons. The maximum atomic E-state index is 14.1. The number of aryl methyl sites for hydroxylation is 4. The molecule has 4 amide bonds. The number of amides is 4. The third kappa shape index (κ3) is 11.3. The van der Waals surface area contributed by atoms with Crippen molar-refractivity contribution in [2.24, 2.45) is 5.41 Å². The molecule has 18 heteroatoms. The number of carbonyl (C=O) groups excluding carboxylic acids is 5. The van der Waals surface area contributed by atoms with E-state index in [0.717, 1.165) is 98.7 Å². The predicted molar refractivity (Wildman–Crippen MR) is 292 cm³/mol. The Morgan fingerprint density at radius 3 is 2.46 bits per heavy atom. The van der Waals surface area contributed by atoms with Crippen LogP contribution in [-0.2, 0) is 50.5 Å². The summed E-state index contributed by atoms with van der Waals surface area (Å²) in [5.41, 5.74) is 11.2. The topological polar surface area (TPSA) is 231 Å². The minimum Gasteiger partial charge on any atom is -0.391 e. The van der Waals surface area contributed by atoms with Crippen molar-refractivity contribution >= 4 is 57.3 Å². The van der Waals surface area contributed by atoms with E-state index in [1.54, 1.807) is 22.1 Å². The van der Waals surface area contributed by atoms with Crippen molar-refractivity contribution in [3.63, 3.8) is 0 Å². The molecule has 9 rings (SSSR count). The lowest BCUT2D eigenvalue weighted by Gasteiger charge is -2.38. The van der Waals surface area contributed by atoms with Crippen molar-refractivity contribution in [2.45, 2.75) is 149 Å². The molecule has 5 heterocycles. The van der Waals surface area contributed by atoms with Gasteiger partial charge >= 0.3 is 0 Å².